The van der Waals surface area contributed by atoms with Gasteiger partial charge in [0.05, 0.1) is 9.48 Å². The first-order valence-corrected chi connectivity index (χ1v) is 8.07. The minimum Gasteiger partial charge on any atom is -0.480 e. The van der Waals surface area contributed by atoms with E-state index in [-0.39, 0.29) is 4.34 Å². The summed E-state index contributed by atoms with van der Waals surface area (Å²) >= 11 is 4.18. The Morgan fingerprint density at radius 3 is 2.44 bits per heavy atom. The van der Waals surface area contributed by atoms with Gasteiger partial charge in [-0.1, -0.05) is 11.3 Å². The van der Waals surface area contributed by atoms with Crippen molar-refractivity contribution in [2.24, 2.45) is 0 Å². The van der Waals surface area contributed by atoms with Gasteiger partial charge in [0, 0.05) is 6.04 Å². The summed E-state index contributed by atoms with van der Waals surface area (Å²) in [6.07, 6.45) is 0. The van der Waals surface area contributed by atoms with Crippen LogP contribution >= 0.6 is 27.3 Å². The van der Waals surface area contributed by atoms with Crippen molar-refractivity contribution in [3.05, 3.63) is 9.48 Å². The molecule has 1 aromatic heterocycles. The molecule has 1 N–H and O–H groups in total. The fraction of sp³-hybridized carbons (Fsp3) is 0.556. The van der Waals surface area contributed by atoms with Crippen LogP contribution in [0.15, 0.2) is 8.13 Å². The van der Waals surface area contributed by atoms with Crippen LogP contribution in [0.4, 0.5) is 0 Å². The number of hydrogen-bond acceptors (Lipinski definition) is 5. The number of hydrogen-bond donors (Lipinski definition) is 1. The number of rotatable bonds is 5. The highest BCUT2D eigenvalue weighted by Crippen LogP contribution is 2.29. The van der Waals surface area contributed by atoms with E-state index in [0.29, 0.717) is 9.48 Å². The number of carbonyl (C=O) groups is 1. The van der Waals surface area contributed by atoms with Gasteiger partial charge in [0.15, 0.2) is 0 Å². The Morgan fingerprint density at radius 2 is 2.11 bits per heavy atom. The summed E-state index contributed by atoms with van der Waals surface area (Å²) in [6, 6.07) is -0.450. The Morgan fingerprint density at radius 1 is 1.56 bits per heavy atom. The third-order valence-electron chi connectivity index (χ3n) is 2.12. The molecule has 0 saturated carbocycles. The topological polar surface area (TPSA) is 87.6 Å². The first-order valence-electron chi connectivity index (χ1n) is 5.02. The van der Waals surface area contributed by atoms with Crippen LogP contribution in [-0.2, 0) is 14.8 Å². The molecule has 6 nitrogen and oxygen atoms in total. The lowest BCUT2D eigenvalue weighted by Gasteiger charge is -2.22. The van der Waals surface area contributed by atoms with Gasteiger partial charge < -0.3 is 5.11 Å². The Bertz CT molecular complexity index is 533. The maximum Gasteiger partial charge on any atom is 0.318 e. The zero-order valence-corrected chi connectivity index (χ0v) is 13.3. The number of halogens is 1. The van der Waals surface area contributed by atoms with E-state index in [1.54, 1.807) is 20.8 Å². The summed E-state index contributed by atoms with van der Waals surface area (Å²) < 4.78 is 26.0. The standard InChI is InChI=1S/C9H13BrN2O4S2/c1-5(2)12(4-7(13)14)18(15,16)9-11-6(3)8(10)17-9/h5H,4H2,1-3H3,(H,13,14). The van der Waals surface area contributed by atoms with Gasteiger partial charge in [-0.25, -0.2) is 13.4 Å². The smallest absolute Gasteiger partial charge is 0.318 e. The van der Waals surface area contributed by atoms with E-state index in [0.717, 1.165) is 15.6 Å². The van der Waals surface area contributed by atoms with Crippen molar-refractivity contribution in [2.75, 3.05) is 6.54 Å². The molecule has 1 aromatic rings. The highest BCUT2D eigenvalue weighted by Gasteiger charge is 2.32. The number of carboxylic acid groups (broad SMARTS) is 1. The lowest BCUT2D eigenvalue weighted by atomic mass is 10.4. The summed E-state index contributed by atoms with van der Waals surface area (Å²) in [5, 5.41) is 8.77. The van der Waals surface area contributed by atoms with Crippen LogP contribution in [0.25, 0.3) is 0 Å². The fourth-order valence-electron chi connectivity index (χ4n) is 1.24. The Kier molecular flexibility index (Phi) is 4.87. The zero-order chi connectivity index (χ0) is 14.1. The second-order valence-electron chi connectivity index (χ2n) is 3.88. The molecule has 0 bridgehead atoms. The first-order chi connectivity index (χ1) is 8.16. The predicted molar refractivity (Wildman–Crippen MR) is 71.2 cm³/mol. The molecule has 0 aliphatic rings. The van der Waals surface area contributed by atoms with Crippen LogP contribution in [0.2, 0.25) is 0 Å². The van der Waals surface area contributed by atoms with Gasteiger partial charge in [0.25, 0.3) is 10.0 Å². The summed E-state index contributed by atoms with van der Waals surface area (Å²) in [7, 11) is -3.87. The summed E-state index contributed by atoms with van der Waals surface area (Å²) in [4.78, 5) is 14.7. The maximum atomic E-state index is 12.3. The average Bonchev–Trinajstić information content (AvgIpc) is 2.55. The molecule has 102 valence electrons. The molecule has 18 heavy (non-hydrogen) atoms. The first kappa shape index (κ1) is 15.5. The number of aromatic nitrogens is 1. The molecule has 0 atom stereocenters. The fourth-order valence-corrected chi connectivity index (χ4v) is 4.89. The van der Waals surface area contributed by atoms with Crippen molar-refractivity contribution in [1.82, 2.24) is 9.29 Å². The van der Waals surface area contributed by atoms with Crippen molar-refractivity contribution >= 4 is 43.3 Å². The van der Waals surface area contributed by atoms with Gasteiger partial charge in [-0.3, -0.25) is 4.79 Å². The largest absolute Gasteiger partial charge is 0.480 e. The van der Waals surface area contributed by atoms with Crippen molar-refractivity contribution in [3.8, 4) is 0 Å². The highest BCUT2D eigenvalue weighted by atomic mass is 79.9. The molecule has 0 fully saturated rings. The minimum absolute atomic E-state index is 0.0955. The molecule has 1 rings (SSSR count). The molecule has 0 saturated heterocycles. The molecule has 0 unspecified atom stereocenters. The Balaban J connectivity index is 3.21. The number of sulfonamides is 1. The summed E-state index contributed by atoms with van der Waals surface area (Å²) in [5.74, 6) is -1.19. The SMILES string of the molecule is Cc1nc(S(=O)(=O)N(CC(=O)O)C(C)C)sc1Br. The van der Waals surface area contributed by atoms with E-state index in [1.807, 2.05) is 0 Å². The van der Waals surface area contributed by atoms with Gasteiger partial charge in [-0.15, -0.1) is 0 Å². The number of aliphatic carboxylic acids is 1. The van der Waals surface area contributed by atoms with Crippen LogP contribution in [0.5, 0.6) is 0 Å². The summed E-state index contributed by atoms with van der Waals surface area (Å²) in [6.45, 7) is 4.35. The van der Waals surface area contributed by atoms with E-state index in [2.05, 4.69) is 20.9 Å². The molecular weight excluding hydrogens is 344 g/mol. The molecule has 0 aliphatic heterocycles. The van der Waals surface area contributed by atoms with Crippen molar-refractivity contribution < 1.29 is 18.3 Å². The lowest BCUT2D eigenvalue weighted by Crippen LogP contribution is -2.40. The molecule has 0 spiro atoms. The van der Waals surface area contributed by atoms with E-state index < -0.39 is 28.6 Å². The van der Waals surface area contributed by atoms with Gasteiger partial charge in [0.1, 0.15) is 6.54 Å². The second kappa shape index (κ2) is 5.64. The number of aryl methyl sites for hydroxylation is 1. The highest BCUT2D eigenvalue weighted by molar-refractivity contribution is 9.11. The van der Waals surface area contributed by atoms with E-state index in [4.69, 9.17) is 5.11 Å². The van der Waals surface area contributed by atoms with Crippen LogP contribution in [0.1, 0.15) is 19.5 Å². The Labute approximate surface area is 118 Å². The molecule has 0 aliphatic carbocycles. The number of thiazole rings is 1. The third kappa shape index (κ3) is 3.28. The quantitative estimate of drug-likeness (QED) is 0.867. The van der Waals surface area contributed by atoms with Crippen LogP contribution in [0.3, 0.4) is 0 Å². The van der Waals surface area contributed by atoms with Crippen LogP contribution < -0.4 is 0 Å². The second-order valence-corrected chi connectivity index (χ2v) is 8.26. The van der Waals surface area contributed by atoms with Gasteiger partial charge in [-0.05, 0) is 36.7 Å². The molecule has 1 heterocycles. The van der Waals surface area contributed by atoms with E-state index in [1.165, 1.54) is 0 Å². The molecular formula is C9H13BrN2O4S2. The van der Waals surface area contributed by atoms with Gasteiger partial charge >= 0.3 is 5.97 Å². The van der Waals surface area contributed by atoms with Gasteiger partial charge in [0.2, 0.25) is 4.34 Å². The van der Waals surface area contributed by atoms with Crippen molar-refractivity contribution in [2.45, 2.75) is 31.2 Å². The van der Waals surface area contributed by atoms with Crippen molar-refractivity contribution in [1.29, 1.82) is 0 Å². The van der Waals surface area contributed by atoms with E-state index in [9.17, 15) is 13.2 Å². The molecule has 9 heteroatoms. The Hall–Kier alpha value is -0.510. The van der Waals surface area contributed by atoms with Gasteiger partial charge in [-0.2, -0.15) is 4.31 Å². The van der Waals surface area contributed by atoms with Crippen LogP contribution in [-0.4, -0.2) is 41.4 Å². The molecule has 0 aromatic carbocycles. The monoisotopic (exact) mass is 356 g/mol. The maximum absolute atomic E-state index is 12.3. The van der Waals surface area contributed by atoms with E-state index >= 15 is 0 Å². The normalized spacial score (nSPS) is 12.3. The van der Waals surface area contributed by atoms with Crippen LogP contribution in [0, 0.1) is 6.92 Å². The van der Waals surface area contributed by atoms with Crippen molar-refractivity contribution in [3.63, 3.8) is 0 Å². The average molecular weight is 357 g/mol. The third-order valence-corrected chi connectivity index (χ3v) is 6.50. The minimum atomic E-state index is -3.87. The molecule has 0 amide bonds. The lowest BCUT2D eigenvalue weighted by molar-refractivity contribution is -0.137. The number of carboxylic acids is 1. The summed E-state index contributed by atoms with van der Waals surface area (Å²) in [5.41, 5.74) is 0.567. The number of nitrogens with zero attached hydrogens (tertiary/aromatic N) is 2. The zero-order valence-electron chi connectivity index (χ0n) is 10.0. The molecule has 0 radical (unpaired) electrons. The predicted octanol–water partition coefficient (Wildman–Crippen LogP) is 1.70.